The Morgan fingerprint density at radius 1 is 1.26 bits per heavy atom. The van der Waals surface area contributed by atoms with E-state index in [9.17, 15) is 9.59 Å². The SMILES string of the molecule is Cc1ccc(NC(=O)NC(C)c2ccc(C(=O)NO)s2)c(Cl)c1. The molecule has 6 nitrogen and oxygen atoms in total. The lowest BCUT2D eigenvalue weighted by Crippen LogP contribution is -2.30. The monoisotopic (exact) mass is 353 g/mol. The van der Waals surface area contributed by atoms with Crippen LogP contribution in [-0.2, 0) is 0 Å². The first kappa shape index (κ1) is 17.3. The number of urea groups is 1. The molecule has 3 amide bonds. The molecule has 122 valence electrons. The molecule has 2 rings (SSSR count). The van der Waals surface area contributed by atoms with Gasteiger partial charge >= 0.3 is 6.03 Å². The summed E-state index contributed by atoms with van der Waals surface area (Å²) in [5.74, 6) is -0.579. The molecule has 0 aliphatic carbocycles. The number of carbonyl (C=O) groups excluding carboxylic acids is 2. The highest BCUT2D eigenvalue weighted by atomic mass is 35.5. The lowest BCUT2D eigenvalue weighted by atomic mass is 10.2. The number of hydrogen-bond acceptors (Lipinski definition) is 4. The van der Waals surface area contributed by atoms with E-state index in [1.54, 1.807) is 36.7 Å². The predicted octanol–water partition coefficient (Wildman–Crippen LogP) is 3.71. The van der Waals surface area contributed by atoms with Crippen molar-refractivity contribution in [3.05, 3.63) is 50.7 Å². The van der Waals surface area contributed by atoms with Gasteiger partial charge in [0.05, 0.1) is 21.6 Å². The molecule has 0 spiro atoms. The highest BCUT2D eigenvalue weighted by Gasteiger charge is 2.15. The predicted molar refractivity (Wildman–Crippen MR) is 90.3 cm³/mol. The quantitative estimate of drug-likeness (QED) is 0.499. The number of anilines is 1. The van der Waals surface area contributed by atoms with Crippen molar-refractivity contribution < 1.29 is 14.8 Å². The third kappa shape index (κ3) is 4.44. The van der Waals surface area contributed by atoms with Crippen LogP contribution in [-0.4, -0.2) is 17.1 Å². The van der Waals surface area contributed by atoms with Crippen molar-refractivity contribution in [3.8, 4) is 0 Å². The van der Waals surface area contributed by atoms with E-state index in [0.717, 1.165) is 10.4 Å². The fourth-order valence-electron chi connectivity index (χ4n) is 1.91. The maximum atomic E-state index is 12.0. The van der Waals surface area contributed by atoms with Gasteiger partial charge in [0.25, 0.3) is 5.91 Å². The number of amides is 3. The molecular formula is C15H16ClN3O3S. The van der Waals surface area contributed by atoms with Crippen molar-refractivity contribution in [2.75, 3.05) is 5.32 Å². The summed E-state index contributed by atoms with van der Waals surface area (Å²) in [5.41, 5.74) is 3.10. The van der Waals surface area contributed by atoms with Gasteiger partial charge in [0.15, 0.2) is 0 Å². The highest BCUT2D eigenvalue weighted by molar-refractivity contribution is 7.14. The molecule has 1 atom stereocenters. The molecule has 8 heteroatoms. The molecule has 0 saturated heterocycles. The normalized spacial score (nSPS) is 11.7. The van der Waals surface area contributed by atoms with Crippen LogP contribution < -0.4 is 16.1 Å². The average Bonchev–Trinajstić information content (AvgIpc) is 2.99. The summed E-state index contributed by atoms with van der Waals surface area (Å²) >= 11 is 7.26. The molecule has 2 aromatic rings. The van der Waals surface area contributed by atoms with Crippen LogP contribution in [0.4, 0.5) is 10.5 Å². The van der Waals surface area contributed by atoms with Crippen molar-refractivity contribution in [2.45, 2.75) is 19.9 Å². The topological polar surface area (TPSA) is 90.5 Å². The van der Waals surface area contributed by atoms with Crippen molar-refractivity contribution in [3.63, 3.8) is 0 Å². The van der Waals surface area contributed by atoms with Crippen LogP contribution in [0.15, 0.2) is 30.3 Å². The molecule has 1 unspecified atom stereocenters. The average molecular weight is 354 g/mol. The van der Waals surface area contributed by atoms with Gasteiger partial charge in [-0.05, 0) is 43.7 Å². The summed E-state index contributed by atoms with van der Waals surface area (Å²) in [4.78, 5) is 24.5. The summed E-state index contributed by atoms with van der Waals surface area (Å²) < 4.78 is 0. The second-order valence-electron chi connectivity index (χ2n) is 4.95. The van der Waals surface area contributed by atoms with Crippen molar-refractivity contribution in [1.82, 2.24) is 10.8 Å². The van der Waals surface area contributed by atoms with E-state index in [1.165, 1.54) is 11.3 Å². The van der Waals surface area contributed by atoms with Crippen LogP contribution in [0.3, 0.4) is 0 Å². The van der Waals surface area contributed by atoms with Crippen molar-refractivity contribution in [2.24, 2.45) is 0 Å². The molecule has 0 aliphatic heterocycles. The van der Waals surface area contributed by atoms with Crippen molar-refractivity contribution >= 4 is 40.6 Å². The Morgan fingerprint density at radius 3 is 2.65 bits per heavy atom. The fraction of sp³-hybridized carbons (Fsp3) is 0.200. The number of hydrogen-bond donors (Lipinski definition) is 4. The lowest BCUT2D eigenvalue weighted by Gasteiger charge is -2.14. The maximum absolute atomic E-state index is 12.0. The number of hydroxylamine groups is 1. The Bertz CT molecular complexity index is 733. The molecule has 0 bridgehead atoms. The van der Waals surface area contributed by atoms with Gasteiger partial charge in [-0.1, -0.05) is 17.7 Å². The lowest BCUT2D eigenvalue weighted by molar-refractivity contribution is 0.0711. The van der Waals surface area contributed by atoms with Crippen molar-refractivity contribution in [1.29, 1.82) is 0 Å². The summed E-state index contributed by atoms with van der Waals surface area (Å²) in [7, 11) is 0. The van der Waals surface area contributed by atoms with E-state index in [2.05, 4.69) is 10.6 Å². The molecule has 0 fully saturated rings. The molecule has 23 heavy (non-hydrogen) atoms. The number of thiophene rings is 1. The summed E-state index contributed by atoms with van der Waals surface area (Å²) in [5, 5.41) is 14.5. The van der Waals surface area contributed by atoms with E-state index in [0.29, 0.717) is 15.6 Å². The highest BCUT2D eigenvalue weighted by Crippen LogP contribution is 2.25. The summed E-state index contributed by atoms with van der Waals surface area (Å²) in [6, 6.07) is 7.95. The van der Waals surface area contributed by atoms with Gasteiger partial charge in [-0.25, -0.2) is 10.3 Å². The Kier molecular flexibility index (Phi) is 5.59. The Labute approximate surface area is 142 Å². The first-order valence-electron chi connectivity index (χ1n) is 6.78. The third-order valence-electron chi connectivity index (χ3n) is 3.10. The van der Waals surface area contributed by atoms with E-state index in [-0.39, 0.29) is 6.04 Å². The number of rotatable bonds is 4. The van der Waals surface area contributed by atoms with Crippen LogP contribution in [0.2, 0.25) is 5.02 Å². The zero-order valence-corrected chi connectivity index (χ0v) is 14.1. The van der Waals surface area contributed by atoms with Crippen LogP contribution in [0.5, 0.6) is 0 Å². The molecule has 0 aliphatic rings. The van der Waals surface area contributed by atoms with E-state index in [1.807, 2.05) is 13.0 Å². The zero-order valence-electron chi connectivity index (χ0n) is 12.5. The Hall–Kier alpha value is -2.09. The maximum Gasteiger partial charge on any atom is 0.319 e. The van der Waals surface area contributed by atoms with Crippen LogP contribution in [0, 0.1) is 6.92 Å². The molecule has 0 saturated carbocycles. The second-order valence-corrected chi connectivity index (χ2v) is 6.47. The summed E-state index contributed by atoms with van der Waals surface area (Å²) in [6.45, 7) is 3.71. The molecule has 1 aromatic heterocycles. The molecular weight excluding hydrogens is 338 g/mol. The first-order chi connectivity index (χ1) is 10.9. The van der Waals surface area contributed by atoms with Gasteiger partial charge < -0.3 is 10.6 Å². The van der Waals surface area contributed by atoms with Gasteiger partial charge in [0.1, 0.15) is 0 Å². The van der Waals surface area contributed by atoms with Crippen LogP contribution in [0.1, 0.15) is 33.1 Å². The minimum absolute atomic E-state index is 0.301. The number of nitrogens with one attached hydrogen (secondary N) is 3. The zero-order chi connectivity index (χ0) is 17.0. The molecule has 1 heterocycles. The van der Waals surface area contributed by atoms with Gasteiger partial charge in [0.2, 0.25) is 0 Å². The number of halogens is 1. The molecule has 0 radical (unpaired) electrons. The smallest absolute Gasteiger partial charge is 0.319 e. The van der Waals surface area contributed by atoms with E-state index >= 15 is 0 Å². The number of carbonyl (C=O) groups is 2. The number of aryl methyl sites for hydroxylation is 1. The van der Waals surface area contributed by atoms with Crippen LogP contribution >= 0.6 is 22.9 Å². The standard InChI is InChI=1S/C15H16ClN3O3S/c1-8-3-4-11(10(16)7-8)18-15(21)17-9(2)12-5-6-13(23-12)14(20)19-22/h3-7,9,22H,1-2H3,(H,19,20)(H2,17,18,21). The minimum Gasteiger partial charge on any atom is -0.331 e. The first-order valence-corrected chi connectivity index (χ1v) is 7.98. The number of benzene rings is 1. The van der Waals surface area contributed by atoms with Gasteiger partial charge in [-0.15, -0.1) is 11.3 Å². The van der Waals surface area contributed by atoms with Gasteiger partial charge in [-0.3, -0.25) is 10.0 Å². The summed E-state index contributed by atoms with van der Waals surface area (Å²) in [6.07, 6.45) is 0. The second kappa shape index (κ2) is 7.45. The largest absolute Gasteiger partial charge is 0.331 e. The molecule has 4 N–H and O–H groups in total. The van der Waals surface area contributed by atoms with Gasteiger partial charge in [-0.2, -0.15) is 0 Å². The third-order valence-corrected chi connectivity index (χ3v) is 4.68. The van der Waals surface area contributed by atoms with Gasteiger partial charge in [0, 0.05) is 4.88 Å². The van der Waals surface area contributed by atoms with E-state index in [4.69, 9.17) is 16.8 Å². The van der Waals surface area contributed by atoms with E-state index < -0.39 is 11.9 Å². The Balaban J connectivity index is 1.99. The molecule has 1 aromatic carbocycles. The Morgan fingerprint density at radius 2 is 2.00 bits per heavy atom. The minimum atomic E-state index is -0.579. The van der Waals surface area contributed by atoms with Crippen LogP contribution in [0.25, 0.3) is 0 Å². The fourth-order valence-corrected chi connectivity index (χ4v) is 3.09.